The molecule has 0 saturated heterocycles. The molecule has 1 unspecified atom stereocenters. The zero-order chi connectivity index (χ0) is 6.69. The van der Waals surface area contributed by atoms with Gasteiger partial charge in [0, 0.05) is 12.8 Å². The summed E-state index contributed by atoms with van der Waals surface area (Å²) in [5, 5.41) is 1.46. The van der Waals surface area contributed by atoms with E-state index in [0.29, 0.717) is 0 Å². The molecule has 1 rings (SSSR count). The number of nitrogens with zero attached hydrogens (tertiary/aromatic N) is 1. The largest absolute Gasteiger partial charge is 0.292 e. The van der Waals surface area contributed by atoms with Gasteiger partial charge in [0.1, 0.15) is 0 Å². The van der Waals surface area contributed by atoms with Gasteiger partial charge in [-0.2, -0.15) is 0 Å². The van der Waals surface area contributed by atoms with E-state index in [1.165, 1.54) is 17.3 Å². The smallest absolute Gasteiger partial charge is 0.0426 e. The van der Waals surface area contributed by atoms with Crippen molar-refractivity contribution < 1.29 is 0 Å². The van der Waals surface area contributed by atoms with Gasteiger partial charge in [0.2, 0.25) is 0 Å². The molecule has 0 bridgehead atoms. The summed E-state index contributed by atoms with van der Waals surface area (Å²) in [5.74, 6) is 0. The van der Waals surface area contributed by atoms with Crippen LogP contribution < -0.4 is 0 Å². The van der Waals surface area contributed by atoms with E-state index in [0.717, 1.165) is 15.1 Å². The van der Waals surface area contributed by atoms with Gasteiger partial charge in [-0.05, 0) is 25.3 Å². The molecule has 0 aromatic heterocycles. The second-order valence-corrected chi connectivity index (χ2v) is 3.27. The Labute approximate surface area is 58.0 Å². The van der Waals surface area contributed by atoms with Crippen LogP contribution in [0.25, 0.3) is 0 Å². The standard InChI is InChI=1S/C7H12NP/c1-6-3-4-8-5-7(6)9-2/h5,9H,3-4H2,1-2H3. The van der Waals surface area contributed by atoms with E-state index in [-0.39, 0.29) is 0 Å². The number of allylic oxidation sites excluding steroid dienone is 1. The molecule has 0 radical (unpaired) electrons. The minimum Gasteiger partial charge on any atom is -0.292 e. The Bertz CT molecular complexity index is 158. The highest BCUT2D eigenvalue weighted by atomic mass is 31.1. The lowest BCUT2D eigenvalue weighted by Crippen LogP contribution is -1.95. The maximum absolute atomic E-state index is 4.20. The number of hydrogen-bond acceptors (Lipinski definition) is 1. The fourth-order valence-corrected chi connectivity index (χ4v) is 1.68. The predicted molar refractivity (Wildman–Crippen MR) is 44.9 cm³/mol. The van der Waals surface area contributed by atoms with Crippen molar-refractivity contribution in [3.8, 4) is 0 Å². The third-order valence-corrected chi connectivity index (χ3v) is 2.66. The Kier molecular flexibility index (Phi) is 2.41. The van der Waals surface area contributed by atoms with Crippen LogP contribution in [-0.4, -0.2) is 19.4 Å². The molecule has 2 heteroatoms. The second kappa shape index (κ2) is 3.12. The summed E-state index contributed by atoms with van der Waals surface area (Å²) in [7, 11) is 0.918. The highest BCUT2D eigenvalue weighted by Crippen LogP contribution is 2.24. The first-order valence-electron chi connectivity index (χ1n) is 3.22. The Morgan fingerprint density at radius 3 is 2.89 bits per heavy atom. The normalized spacial score (nSPS) is 20.2. The minimum atomic E-state index is 0.918. The van der Waals surface area contributed by atoms with Gasteiger partial charge < -0.3 is 0 Å². The molecule has 0 saturated carbocycles. The molecule has 1 atom stereocenters. The summed E-state index contributed by atoms with van der Waals surface area (Å²) in [5.41, 5.74) is 1.53. The second-order valence-electron chi connectivity index (χ2n) is 2.23. The van der Waals surface area contributed by atoms with Gasteiger partial charge in [-0.15, -0.1) is 0 Å². The molecular formula is C7H12NP. The van der Waals surface area contributed by atoms with Crippen LogP contribution in [0.3, 0.4) is 0 Å². The summed E-state index contributed by atoms with van der Waals surface area (Å²) in [6, 6.07) is 0. The lowest BCUT2D eigenvalue weighted by Gasteiger charge is -2.08. The Morgan fingerprint density at radius 1 is 1.67 bits per heavy atom. The van der Waals surface area contributed by atoms with E-state index in [1.54, 1.807) is 0 Å². The molecular weight excluding hydrogens is 129 g/mol. The van der Waals surface area contributed by atoms with Crippen molar-refractivity contribution in [1.29, 1.82) is 0 Å². The molecule has 0 spiro atoms. The summed E-state index contributed by atoms with van der Waals surface area (Å²) >= 11 is 0. The molecule has 1 aliphatic rings. The van der Waals surface area contributed by atoms with Gasteiger partial charge in [-0.1, -0.05) is 14.2 Å². The van der Waals surface area contributed by atoms with Gasteiger partial charge >= 0.3 is 0 Å². The first-order chi connectivity index (χ1) is 4.34. The first kappa shape index (κ1) is 6.95. The Morgan fingerprint density at radius 2 is 2.44 bits per heavy atom. The molecule has 0 fully saturated rings. The van der Waals surface area contributed by atoms with Crippen LogP contribution in [0.15, 0.2) is 15.9 Å². The maximum atomic E-state index is 4.20. The number of rotatable bonds is 1. The van der Waals surface area contributed by atoms with Gasteiger partial charge in [0.25, 0.3) is 0 Å². The zero-order valence-electron chi connectivity index (χ0n) is 5.94. The van der Waals surface area contributed by atoms with E-state index >= 15 is 0 Å². The van der Waals surface area contributed by atoms with Crippen molar-refractivity contribution in [3.05, 3.63) is 10.9 Å². The number of dihydropyridines is 1. The van der Waals surface area contributed by atoms with Crippen LogP contribution in [0.5, 0.6) is 0 Å². The molecule has 0 aromatic rings. The Hall–Kier alpha value is -0.160. The summed E-state index contributed by atoms with van der Waals surface area (Å²) < 4.78 is 0. The van der Waals surface area contributed by atoms with Crippen LogP contribution in [0.1, 0.15) is 13.3 Å². The van der Waals surface area contributed by atoms with Crippen LogP contribution in [0.2, 0.25) is 0 Å². The average Bonchev–Trinajstić information content (AvgIpc) is 1.89. The zero-order valence-corrected chi connectivity index (χ0v) is 6.94. The van der Waals surface area contributed by atoms with E-state index in [9.17, 15) is 0 Å². The van der Waals surface area contributed by atoms with Crippen molar-refractivity contribution >= 4 is 14.8 Å². The lowest BCUT2D eigenvalue weighted by molar-refractivity contribution is 0.939. The van der Waals surface area contributed by atoms with Gasteiger partial charge in [-0.25, -0.2) is 0 Å². The van der Waals surface area contributed by atoms with Crippen molar-refractivity contribution in [2.45, 2.75) is 13.3 Å². The van der Waals surface area contributed by atoms with Gasteiger partial charge in [0.05, 0.1) is 0 Å². The summed E-state index contributed by atoms with van der Waals surface area (Å²) in [6.07, 6.45) is 3.20. The third kappa shape index (κ3) is 1.62. The van der Waals surface area contributed by atoms with Crippen molar-refractivity contribution in [1.82, 2.24) is 0 Å². The van der Waals surface area contributed by atoms with Gasteiger partial charge in [0.15, 0.2) is 0 Å². The molecule has 0 amide bonds. The van der Waals surface area contributed by atoms with E-state index in [4.69, 9.17) is 0 Å². The van der Waals surface area contributed by atoms with Crippen LogP contribution in [-0.2, 0) is 0 Å². The van der Waals surface area contributed by atoms with Crippen LogP contribution >= 0.6 is 8.58 Å². The summed E-state index contributed by atoms with van der Waals surface area (Å²) in [6.45, 7) is 5.41. The summed E-state index contributed by atoms with van der Waals surface area (Å²) in [4.78, 5) is 4.20. The van der Waals surface area contributed by atoms with E-state index < -0.39 is 0 Å². The molecule has 1 heterocycles. The predicted octanol–water partition coefficient (Wildman–Crippen LogP) is 2.04. The van der Waals surface area contributed by atoms with E-state index in [1.807, 2.05) is 6.21 Å². The van der Waals surface area contributed by atoms with E-state index in [2.05, 4.69) is 18.6 Å². The molecule has 0 N–H and O–H groups in total. The fraction of sp³-hybridized carbons (Fsp3) is 0.571. The monoisotopic (exact) mass is 141 g/mol. The van der Waals surface area contributed by atoms with Crippen LogP contribution in [0, 0.1) is 0 Å². The lowest BCUT2D eigenvalue weighted by atomic mass is 10.2. The van der Waals surface area contributed by atoms with Gasteiger partial charge in [-0.3, -0.25) is 4.99 Å². The van der Waals surface area contributed by atoms with Crippen LogP contribution in [0.4, 0.5) is 0 Å². The fourth-order valence-electron chi connectivity index (χ4n) is 0.911. The molecule has 1 nitrogen and oxygen atoms in total. The third-order valence-electron chi connectivity index (χ3n) is 1.57. The highest BCUT2D eigenvalue weighted by Gasteiger charge is 2.00. The van der Waals surface area contributed by atoms with Crippen molar-refractivity contribution in [3.63, 3.8) is 0 Å². The molecule has 0 aliphatic carbocycles. The maximum Gasteiger partial charge on any atom is 0.0426 e. The Balaban J connectivity index is 2.72. The quantitative estimate of drug-likeness (QED) is 0.495. The molecule has 0 aromatic carbocycles. The SMILES string of the molecule is CPC1=C(C)CCN=C1. The molecule has 50 valence electrons. The molecule has 1 aliphatic heterocycles. The minimum absolute atomic E-state index is 0.918. The topological polar surface area (TPSA) is 12.4 Å². The highest BCUT2D eigenvalue weighted by molar-refractivity contribution is 7.43. The first-order valence-corrected chi connectivity index (χ1v) is 4.72. The number of hydrogen-bond donors (Lipinski definition) is 0. The van der Waals surface area contributed by atoms with Crippen molar-refractivity contribution in [2.24, 2.45) is 4.99 Å². The van der Waals surface area contributed by atoms with Crippen molar-refractivity contribution in [2.75, 3.05) is 13.2 Å². The molecule has 9 heavy (non-hydrogen) atoms. The number of aliphatic imine (C=N–C) groups is 1. The average molecular weight is 141 g/mol.